The zero-order chi connectivity index (χ0) is 16.6. The average molecular weight is 326 g/mol. The van der Waals surface area contributed by atoms with E-state index in [9.17, 15) is 14.7 Å². The predicted octanol–water partition coefficient (Wildman–Crippen LogP) is 3.61. The maximum Gasteiger partial charge on any atom is 0.298 e. The lowest BCUT2D eigenvalue weighted by Crippen LogP contribution is -2.27. The summed E-state index contributed by atoms with van der Waals surface area (Å²) in [4.78, 5) is 26.4. The largest absolute Gasteiger partial charge is 0.508 e. The number of carbonyl (C=O) groups is 2. The van der Waals surface area contributed by atoms with E-state index in [4.69, 9.17) is 5.73 Å². The Balaban J connectivity index is 2.00. The number of allylic oxidation sites excluding steroid dienone is 1. The monoisotopic (exact) mass is 326 g/mol. The molecule has 1 fully saturated rings. The number of phenolic OH excluding ortho intramolecular Hbond substituents is 1. The third-order valence-corrected chi connectivity index (χ3v) is 4.58. The Bertz CT molecular complexity index is 828. The van der Waals surface area contributed by atoms with Gasteiger partial charge in [-0.05, 0) is 66.2 Å². The van der Waals surface area contributed by atoms with Gasteiger partial charge in [0.1, 0.15) is 5.75 Å². The van der Waals surface area contributed by atoms with Crippen molar-refractivity contribution in [3.05, 3.63) is 59.0 Å². The lowest BCUT2D eigenvalue weighted by Gasteiger charge is -2.12. The van der Waals surface area contributed by atoms with Gasteiger partial charge in [-0.2, -0.15) is 0 Å². The minimum absolute atomic E-state index is 0.0761. The van der Waals surface area contributed by atoms with Gasteiger partial charge >= 0.3 is 0 Å². The molecule has 0 unspecified atom stereocenters. The van der Waals surface area contributed by atoms with Gasteiger partial charge in [-0.25, -0.2) is 4.90 Å². The Morgan fingerprint density at radius 1 is 1.13 bits per heavy atom. The van der Waals surface area contributed by atoms with Crippen molar-refractivity contribution in [1.82, 2.24) is 0 Å². The summed E-state index contributed by atoms with van der Waals surface area (Å²) in [7, 11) is 0. The minimum atomic E-state index is -0.370. The number of amides is 2. The van der Waals surface area contributed by atoms with E-state index in [0.717, 1.165) is 22.2 Å². The first-order valence-corrected chi connectivity index (χ1v) is 7.71. The molecule has 23 heavy (non-hydrogen) atoms. The van der Waals surface area contributed by atoms with E-state index in [1.54, 1.807) is 25.1 Å². The molecule has 1 aliphatic heterocycles. The van der Waals surface area contributed by atoms with Gasteiger partial charge in [-0.3, -0.25) is 9.59 Å². The van der Waals surface area contributed by atoms with Crippen LogP contribution in [0.3, 0.4) is 0 Å². The fraction of sp³-hybridized carbons (Fsp3) is 0.0588. The fourth-order valence-corrected chi connectivity index (χ4v) is 3.23. The number of carbonyl (C=O) groups excluding carboxylic acids is 2. The summed E-state index contributed by atoms with van der Waals surface area (Å²) >= 11 is 0.903. The van der Waals surface area contributed by atoms with Gasteiger partial charge < -0.3 is 10.8 Å². The van der Waals surface area contributed by atoms with Crippen LogP contribution in [0.5, 0.6) is 5.75 Å². The number of hydrogen-bond donors (Lipinski definition) is 2. The highest BCUT2D eigenvalue weighted by Gasteiger charge is 2.37. The van der Waals surface area contributed by atoms with E-state index in [1.165, 1.54) is 24.3 Å². The minimum Gasteiger partial charge on any atom is -0.508 e. The average Bonchev–Trinajstić information content (AvgIpc) is 2.82. The lowest BCUT2D eigenvalue weighted by atomic mass is 10.1. The van der Waals surface area contributed by atoms with Gasteiger partial charge in [0, 0.05) is 5.69 Å². The van der Waals surface area contributed by atoms with Crippen LogP contribution in [-0.4, -0.2) is 16.3 Å². The molecule has 5 nitrogen and oxygen atoms in total. The van der Waals surface area contributed by atoms with Crippen molar-refractivity contribution in [1.29, 1.82) is 0 Å². The molecule has 0 radical (unpaired) electrons. The lowest BCUT2D eigenvalue weighted by molar-refractivity contribution is -0.113. The zero-order valence-corrected chi connectivity index (χ0v) is 13.1. The maximum atomic E-state index is 12.6. The molecular formula is C17H14N2O3S. The van der Waals surface area contributed by atoms with Crippen LogP contribution in [0.2, 0.25) is 0 Å². The first-order valence-electron chi connectivity index (χ1n) is 6.89. The van der Waals surface area contributed by atoms with E-state index in [2.05, 4.69) is 0 Å². The Kier molecular flexibility index (Phi) is 3.83. The number of nitrogen functional groups attached to an aromatic ring is 1. The molecule has 0 bridgehead atoms. The molecule has 2 aromatic rings. The van der Waals surface area contributed by atoms with E-state index in [-0.39, 0.29) is 16.9 Å². The van der Waals surface area contributed by atoms with Gasteiger partial charge in [0.05, 0.1) is 10.6 Å². The second-order valence-corrected chi connectivity index (χ2v) is 6.07. The molecule has 2 aromatic carbocycles. The number of anilines is 2. The van der Waals surface area contributed by atoms with Gasteiger partial charge in [0.15, 0.2) is 0 Å². The van der Waals surface area contributed by atoms with Gasteiger partial charge in [-0.15, -0.1) is 0 Å². The fourth-order valence-electron chi connectivity index (χ4n) is 2.33. The summed E-state index contributed by atoms with van der Waals surface area (Å²) in [5.41, 5.74) is 8.32. The predicted molar refractivity (Wildman–Crippen MR) is 92.0 cm³/mol. The van der Waals surface area contributed by atoms with Crippen molar-refractivity contribution in [3.8, 4) is 5.75 Å². The van der Waals surface area contributed by atoms with Crippen molar-refractivity contribution in [2.24, 2.45) is 0 Å². The van der Waals surface area contributed by atoms with Gasteiger partial charge in [-0.1, -0.05) is 12.1 Å². The van der Waals surface area contributed by atoms with Crippen LogP contribution in [0, 0.1) is 0 Å². The first-order chi connectivity index (χ1) is 11.0. The Morgan fingerprint density at radius 2 is 1.83 bits per heavy atom. The molecule has 0 spiro atoms. The first kappa shape index (κ1) is 15.2. The molecule has 1 saturated heterocycles. The van der Waals surface area contributed by atoms with Crippen molar-refractivity contribution in [2.75, 3.05) is 10.6 Å². The molecule has 1 aliphatic rings. The molecule has 2 amide bonds. The van der Waals surface area contributed by atoms with Gasteiger partial charge in [0.2, 0.25) is 0 Å². The summed E-state index contributed by atoms with van der Waals surface area (Å²) in [6, 6.07) is 13.1. The van der Waals surface area contributed by atoms with E-state index >= 15 is 0 Å². The number of hydrogen-bond acceptors (Lipinski definition) is 5. The molecule has 0 aliphatic carbocycles. The highest BCUT2D eigenvalue weighted by Crippen LogP contribution is 2.39. The third-order valence-electron chi connectivity index (χ3n) is 3.54. The quantitative estimate of drug-likeness (QED) is 0.650. The summed E-state index contributed by atoms with van der Waals surface area (Å²) in [6.45, 7) is 1.79. The van der Waals surface area contributed by atoms with Crippen LogP contribution in [0.25, 0.3) is 5.57 Å². The number of aromatic hydroxyl groups is 1. The summed E-state index contributed by atoms with van der Waals surface area (Å²) in [5, 5.41) is 8.97. The Labute approximate surface area is 137 Å². The number of thioether (sulfide) groups is 1. The summed E-state index contributed by atoms with van der Waals surface area (Å²) in [5.74, 6) is -0.294. The van der Waals surface area contributed by atoms with Crippen LogP contribution in [0.1, 0.15) is 12.5 Å². The smallest absolute Gasteiger partial charge is 0.298 e. The third kappa shape index (κ3) is 2.80. The number of nitrogens with two attached hydrogens (primary N) is 1. The maximum absolute atomic E-state index is 12.6. The second-order valence-electron chi connectivity index (χ2n) is 5.10. The van der Waals surface area contributed by atoms with Gasteiger partial charge in [0.25, 0.3) is 11.1 Å². The molecule has 0 atom stereocenters. The normalized spacial score (nSPS) is 16.8. The highest BCUT2D eigenvalue weighted by atomic mass is 32.2. The van der Waals surface area contributed by atoms with Crippen LogP contribution in [-0.2, 0) is 4.79 Å². The highest BCUT2D eigenvalue weighted by molar-refractivity contribution is 8.19. The van der Waals surface area contributed by atoms with E-state index in [1.807, 2.05) is 6.07 Å². The topological polar surface area (TPSA) is 83.6 Å². The number of imide groups is 1. The zero-order valence-electron chi connectivity index (χ0n) is 12.3. The SMILES string of the molecule is C/C(=C1/SC(=O)N(c2ccc(O)cc2)C1=O)c1cccc(N)c1. The molecular weight excluding hydrogens is 312 g/mol. The van der Waals surface area contributed by atoms with Crippen molar-refractivity contribution in [2.45, 2.75) is 6.92 Å². The standard InChI is InChI=1S/C17H14N2O3S/c1-10(11-3-2-4-12(18)9-11)15-16(21)19(17(22)23-15)13-5-7-14(20)8-6-13/h2-9,20H,18H2,1H3/b15-10-. The van der Waals surface area contributed by atoms with Crippen LogP contribution in [0.4, 0.5) is 16.2 Å². The molecule has 116 valence electrons. The van der Waals surface area contributed by atoms with Crippen LogP contribution in [0.15, 0.2) is 53.4 Å². The van der Waals surface area contributed by atoms with E-state index in [0.29, 0.717) is 21.9 Å². The van der Waals surface area contributed by atoms with Crippen molar-refractivity contribution in [3.63, 3.8) is 0 Å². The summed E-state index contributed by atoms with van der Waals surface area (Å²) < 4.78 is 0. The summed E-state index contributed by atoms with van der Waals surface area (Å²) in [6.07, 6.45) is 0. The molecule has 1 heterocycles. The van der Waals surface area contributed by atoms with Crippen molar-refractivity contribution >= 4 is 39.9 Å². The molecule has 0 aromatic heterocycles. The van der Waals surface area contributed by atoms with Crippen LogP contribution < -0.4 is 10.6 Å². The second kappa shape index (κ2) is 5.81. The molecule has 3 N–H and O–H groups in total. The van der Waals surface area contributed by atoms with Crippen LogP contribution >= 0.6 is 11.8 Å². The Morgan fingerprint density at radius 3 is 2.48 bits per heavy atom. The molecule has 0 saturated carbocycles. The van der Waals surface area contributed by atoms with E-state index < -0.39 is 0 Å². The number of nitrogens with zero attached hydrogens (tertiary/aromatic N) is 1. The van der Waals surface area contributed by atoms with Crippen molar-refractivity contribution < 1.29 is 14.7 Å². The number of phenols is 1. The molecule has 6 heteroatoms. The Hall–Kier alpha value is -2.73. The number of rotatable bonds is 2. The molecule has 3 rings (SSSR count). The number of benzene rings is 2.